The molecule has 0 aromatic carbocycles. The van der Waals surface area contributed by atoms with Gasteiger partial charge in [0, 0.05) is 18.6 Å². The molecule has 0 aromatic heterocycles. The first-order valence-corrected chi connectivity index (χ1v) is 8.71. The van der Waals surface area contributed by atoms with Crippen molar-refractivity contribution in [1.29, 1.82) is 0 Å². The maximum absolute atomic E-state index is 12.9. The highest BCUT2D eigenvalue weighted by atomic mass is 16.2. The Morgan fingerprint density at radius 2 is 1.85 bits per heavy atom. The molecule has 2 saturated carbocycles. The summed E-state index contributed by atoms with van der Waals surface area (Å²) in [5.41, 5.74) is 0. The smallest absolute Gasteiger partial charge is 0.239 e. The molecule has 1 heterocycles. The van der Waals surface area contributed by atoms with E-state index in [1.807, 2.05) is 0 Å². The van der Waals surface area contributed by atoms with Crippen molar-refractivity contribution in [2.24, 2.45) is 11.8 Å². The molecule has 1 aliphatic heterocycles. The quantitative estimate of drug-likeness (QED) is 0.857. The number of piperidine rings is 1. The van der Waals surface area contributed by atoms with Gasteiger partial charge in [-0.05, 0) is 50.4 Å². The van der Waals surface area contributed by atoms with Gasteiger partial charge < -0.3 is 10.2 Å². The van der Waals surface area contributed by atoms with E-state index in [1.54, 1.807) is 0 Å². The van der Waals surface area contributed by atoms with E-state index in [4.69, 9.17) is 0 Å². The molecule has 1 N–H and O–H groups in total. The lowest BCUT2D eigenvalue weighted by atomic mass is 9.77. The van der Waals surface area contributed by atoms with Gasteiger partial charge in [-0.15, -0.1) is 0 Å². The number of rotatable bonds is 4. The third kappa shape index (κ3) is 3.19. The van der Waals surface area contributed by atoms with E-state index in [1.165, 1.54) is 44.9 Å². The van der Waals surface area contributed by atoms with Crippen LogP contribution in [0.3, 0.4) is 0 Å². The normalized spacial score (nSPS) is 33.9. The first kappa shape index (κ1) is 14.4. The van der Waals surface area contributed by atoms with Crippen molar-refractivity contribution in [3.8, 4) is 0 Å². The summed E-state index contributed by atoms with van der Waals surface area (Å²) in [6, 6.07) is 1.27. The summed E-state index contributed by atoms with van der Waals surface area (Å²) >= 11 is 0. The molecular weight excluding hydrogens is 248 g/mol. The standard InChI is InChI=1S/C17H30N2O/c1-12(2)11-19(14-8-9-14)17(20)16-10-7-13-5-3-4-6-15(13)18-16/h12-16,18H,3-11H2,1-2H3. The van der Waals surface area contributed by atoms with Crippen molar-refractivity contribution in [1.82, 2.24) is 10.2 Å². The Hall–Kier alpha value is -0.570. The van der Waals surface area contributed by atoms with E-state index >= 15 is 0 Å². The van der Waals surface area contributed by atoms with E-state index in [0.717, 1.165) is 18.9 Å². The van der Waals surface area contributed by atoms with Crippen LogP contribution in [0, 0.1) is 11.8 Å². The van der Waals surface area contributed by atoms with Gasteiger partial charge in [-0.3, -0.25) is 4.79 Å². The van der Waals surface area contributed by atoms with Gasteiger partial charge in [-0.25, -0.2) is 0 Å². The predicted molar refractivity (Wildman–Crippen MR) is 81.5 cm³/mol. The van der Waals surface area contributed by atoms with Gasteiger partial charge in [0.05, 0.1) is 6.04 Å². The Morgan fingerprint density at radius 1 is 1.10 bits per heavy atom. The molecule has 2 aliphatic carbocycles. The van der Waals surface area contributed by atoms with Gasteiger partial charge in [0.2, 0.25) is 5.91 Å². The van der Waals surface area contributed by atoms with Crippen LogP contribution < -0.4 is 5.32 Å². The van der Waals surface area contributed by atoms with Gasteiger partial charge in [0.15, 0.2) is 0 Å². The highest BCUT2D eigenvalue weighted by Gasteiger charge is 2.40. The average molecular weight is 278 g/mol. The topological polar surface area (TPSA) is 32.3 Å². The van der Waals surface area contributed by atoms with Gasteiger partial charge in [-0.1, -0.05) is 26.7 Å². The van der Waals surface area contributed by atoms with Crippen molar-refractivity contribution >= 4 is 5.91 Å². The van der Waals surface area contributed by atoms with Crippen LogP contribution in [0.4, 0.5) is 0 Å². The zero-order valence-corrected chi connectivity index (χ0v) is 13.1. The first-order chi connectivity index (χ1) is 9.65. The van der Waals surface area contributed by atoms with E-state index in [-0.39, 0.29) is 6.04 Å². The predicted octanol–water partition coefficient (Wildman–Crippen LogP) is 2.94. The number of fused-ring (bicyclic) bond motifs is 1. The fourth-order valence-corrected chi connectivity index (χ4v) is 4.09. The molecular formula is C17H30N2O. The van der Waals surface area contributed by atoms with E-state index in [0.29, 0.717) is 23.9 Å². The van der Waals surface area contributed by atoms with Gasteiger partial charge >= 0.3 is 0 Å². The van der Waals surface area contributed by atoms with Crippen molar-refractivity contribution in [2.75, 3.05) is 6.54 Å². The molecule has 0 bridgehead atoms. The van der Waals surface area contributed by atoms with Gasteiger partial charge in [0.1, 0.15) is 0 Å². The van der Waals surface area contributed by atoms with Crippen molar-refractivity contribution < 1.29 is 4.79 Å². The Bertz CT molecular complexity index is 351. The third-order valence-electron chi connectivity index (χ3n) is 5.28. The fraction of sp³-hybridized carbons (Fsp3) is 0.941. The van der Waals surface area contributed by atoms with E-state index in [2.05, 4.69) is 24.1 Å². The molecule has 20 heavy (non-hydrogen) atoms. The number of hydrogen-bond donors (Lipinski definition) is 1. The largest absolute Gasteiger partial charge is 0.338 e. The molecule has 3 fully saturated rings. The third-order valence-corrected chi connectivity index (χ3v) is 5.28. The van der Waals surface area contributed by atoms with Crippen LogP contribution in [-0.2, 0) is 4.79 Å². The molecule has 3 unspecified atom stereocenters. The van der Waals surface area contributed by atoms with E-state index < -0.39 is 0 Å². The number of nitrogens with zero attached hydrogens (tertiary/aromatic N) is 1. The number of hydrogen-bond acceptors (Lipinski definition) is 2. The van der Waals surface area contributed by atoms with Crippen molar-refractivity contribution in [3.63, 3.8) is 0 Å². The number of carbonyl (C=O) groups excluding carboxylic acids is 1. The molecule has 114 valence electrons. The van der Waals surface area contributed by atoms with Crippen LogP contribution in [-0.4, -0.2) is 35.5 Å². The van der Waals surface area contributed by atoms with Crippen LogP contribution in [0.5, 0.6) is 0 Å². The molecule has 0 radical (unpaired) electrons. The summed E-state index contributed by atoms with van der Waals surface area (Å²) in [5.74, 6) is 1.81. The molecule has 0 spiro atoms. The maximum atomic E-state index is 12.9. The van der Waals surface area contributed by atoms with Crippen molar-refractivity contribution in [2.45, 2.75) is 83.3 Å². The van der Waals surface area contributed by atoms with Crippen molar-refractivity contribution in [3.05, 3.63) is 0 Å². The lowest BCUT2D eigenvalue weighted by Crippen LogP contribution is -2.56. The minimum atomic E-state index is 0.105. The van der Waals surface area contributed by atoms with Gasteiger partial charge in [0.25, 0.3) is 0 Å². The molecule has 3 aliphatic rings. The Morgan fingerprint density at radius 3 is 2.55 bits per heavy atom. The molecule has 1 amide bonds. The zero-order chi connectivity index (χ0) is 14.1. The molecule has 3 heteroatoms. The Kier molecular flexibility index (Phi) is 4.34. The second-order valence-corrected chi connectivity index (χ2v) is 7.56. The van der Waals surface area contributed by atoms with Crippen LogP contribution >= 0.6 is 0 Å². The molecule has 3 atom stereocenters. The van der Waals surface area contributed by atoms with Crippen LogP contribution in [0.25, 0.3) is 0 Å². The highest BCUT2D eigenvalue weighted by molar-refractivity contribution is 5.82. The van der Waals surface area contributed by atoms with Crippen LogP contribution in [0.1, 0.15) is 65.2 Å². The number of amides is 1. The summed E-state index contributed by atoms with van der Waals surface area (Å²) in [7, 11) is 0. The fourth-order valence-electron chi connectivity index (χ4n) is 4.09. The minimum absolute atomic E-state index is 0.105. The molecule has 1 saturated heterocycles. The number of nitrogens with one attached hydrogen (secondary N) is 1. The SMILES string of the molecule is CC(C)CN(C(=O)C1CCC2CCCCC2N1)C1CC1. The van der Waals surface area contributed by atoms with Gasteiger partial charge in [-0.2, -0.15) is 0 Å². The maximum Gasteiger partial charge on any atom is 0.239 e. The highest BCUT2D eigenvalue weighted by Crippen LogP contribution is 2.34. The monoisotopic (exact) mass is 278 g/mol. The average Bonchev–Trinajstić information content (AvgIpc) is 3.28. The Labute approximate surface area is 123 Å². The second-order valence-electron chi connectivity index (χ2n) is 7.56. The zero-order valence-electron chi connectivity index (χ0n) is 13.1. The summed E-state index contributed by atoms with van der Waals surface area (Å²) < 4.78 is 0. The molecule has 3 nitrogen and oxygen atoms in total. The molecule has 3 rings (SSSR count). The summed E-state index contributed by atoms with van der Waals surface area (Å²) in [6.07, 6.45) is 10.1. The molecule has 0 aromatic rings. The van der Waals surface area contributed by atoms with E-state index in [9.17, 15) is 4.79 Å². The Balaban J connectivity index is 1.61. The minimum Gasteiger partial charge on any atom is -0.338 e. The first-order valence-electron chi connectivity index (χ1n) is 8.71. The summed E-state index contributed by atoms with van der Waals surface area (Å²) in [4.78, 5) is 15.0. The lowest BCUT2D eigenvalue weighted by Gasteiger charge is -2.41. The second kappa shape index (κ2) is 6.05. The summed E-state index contributed by atoms with van der Waals surface area (Å²) in [5, 5.41) is 3.70. The number of carbonyl (C=O) groups is 1. The lowest BCUT2D eigenvalue weighted by molar-refractivity contribution is -0.136. The summed E-state index contributed by atoms with van der Waals surface area (Å²) in [6.45, 7) is 5.37. The van der Waals surface area contributed by atoms with Crippen LogP contribution in [0.15, 0.2) is 0 Å². The van der Waals surface area contributed by atoms with Crippen LogP contribution in [0.2, 0.25) is 0 Å².